The Balaban J connectivity index is 1.97. The molecule has 0 atom stereocenters. The highest BCUT2D eigenvalue weighted by molar-refractivity contribution is 6.11. The Morgan fingerprint density at radius 2 is 1.95 bits per heavy atom. The van der Waals surface area contributed by atoms with Gasteiger partial charge in [0.05, 0.1) is 12.8 Å². The molecule has 0 fully saturated rings. The third kappa shape index (κ3) is 2.45. The van der Waals surface area contributed by atoms with Crippen molar-refractivity contribution in [3.63, 3.8) is 0 Å². The summed E-state index contributed by atoms with van der Waals surface area (Å²) in [6, 6.07) is 7.20. The number of aliphatic imine (C=N–C) groups is 1. The van der Waals surface area contributed by atoms with Gasteiger partial charge in [0.15, 0.2) is 5.70 Å². The van der Waals surface area contributed by atoms with Gasteiger partial charge >= 0.3 is 5.97 Å². The summed E-state index contributed by atoms with van der Waals surface area (Å²) in [7, 11) is 3.46. The molecular formula is C16H14N2O3. The number of rotatable bonds is 2. The molecule has 21 heavy (non-hydrogen) atoms. The fraction of sp³-hybridized carbons (Fsp3) is 0.125. The van der Waals surface area contributed by atoms with Crippen molar-refractivity contribution in [3.05, 3.63) is 65.7 Å². The van der Waals surface area contributed by atoms with E-state index in [1.54, 1.807) is 31.4 Å². The monoisotopic (exact) mass is 282 g/mol. The van der Waals surface area contributed by atoms with Gasteiger partial charge in [0.25, 0.3) is 0 Å². The van der Waals surface area contributed by atoms with Crippen LogP contribution in [0.5, 0.6) is 5.75 Å². The minimum atomic E-state index is -0.442. The number of hydrogen-bond donors (Lipinski definition) is 0. The van der Waals surface area contributed by atoms with Crippen LogP contribution in [0.25, 0.3) is 0 Å². The number of cyclic esters (lactones) is 1. The zero-order valence-corrected chi connectivity index (χ0v) is 11.7. The maximum Gasteiger partial charge on any atom is 0.366 e. The molecule has 2 aliphatic rings. The van der Waals surface area contributed by atoms with Crippen molar-refractivity contribution in [3.8, 4) is 5.75 Å². The number of allylic oxidation sites excluding steroid dienone is 3. The number of benzene rings is 1. The number of nitrogens with zero attached hydrogens (tertiary/aromatic N) is 2. The number of esters is 1. The van der Waals surface area contributed by atoms with Gasteiger partial charge in [-0.2, -0.15) is 0 Å². The van der Waals surface area contributed by atoms with Gasteiger partial charge in [-0.1, -0.05) is 6.08 Å². The van der Waals surface area contributed by atoms with Crippen molar-refractivity contribution in [2.75, 3.05) is 14.2 Å². The lowest BCUT2D eigenvalue weighted by atomic mass is 10.2. The lowest BCUT2D eigenvalue weighted by molar-refractivity contribution is -0.130. The molecule has 5 heteroatoms. The van der Waals surface area contributed by atoms with Crippen LogP contribution in [-0.2, 0) is 9.53 Å². The molecule has 0 unspecified atom stereocenters. The SMILES string of the molecule is COc1ccc(C2=NC(=C3C=CC=CN3C)C(=O)O2)cc1. The van der Waals surface area contributed by atoms with Crippen molar-refractivity contribution in [2.45, 2.75) is 0 Å². The van der Waals surface area contributed by atoms with Crippen molar-refractivity contribution >= 4 is 11.9 Å². The second-order valence-electron chi connectivity index (χ2n) is 4.58. The van der Waals surface area contributed by atoms with Gasteiger partial charge in [0, 0.05) is 18.8 Å². The standard InChI is InChI=1S/C16H14N2O3/c1-18-10-4-3-5-13(18)14-16(19)21-15(17-14)11-6-8-12(20-2)9-7-11/h3-10H,1-2H3. The molecule has 0 amide bonds. The van der Waals surface area contributed by atoms with Crippen LogP contribution >= 0.6 is 0 Å². The number of carbonyl (C=O) groups excluding carboxylic acids is 1. The lowest BCUT2D eigenvalue weighted by Crippen LogP contribution is -2.15. The highest BCUT2D eigenvalue weighted by Gasteiger charge is 2.28. The number of ether oxygens (including phenoxy) is 2. The molecule has 3 rings (SSSR count). The van der Waals surface area contributed by atoms with Crippen LogP contribution in [0.15, 0.2) is 65.1 Å². The Labute approximate surface area is 122 Å². The molecule has 106 valence electrons. The smallest absolute Gasteiger partial charge is 0.366 e. The van der Waals surface area contributed by atoms with Crippen molar-refractivity contribution < 1.29 is 14.3 Å². The van der Waals surface area contributed by atoms with Crippen LogP contribution in [0.1, 0.15) is 5.56 Å². The van der Waals surface area contributed by atoms with Crippen LogP contribution in [-0.4, -0.2) is 30.9 Å². The van der Waals surface area contributed by atoms with E-state index >= 15 is 0 Å². The first-order chi connectivity index (χ1) is 10.2. The second kappa shape index (κ2) is 5.28. The third-order valence-electron chi connectivity index (χ3n) is 3.23. The zero-order valence-electron chi connectivity index (χ0n) is 11.7. The van der Waals surface area contributed by atoms with E-state index in [0.717, 1.165) is 11.3 Å². The molecule has 0 spiro atoms. The molecule has 0 saturated heterocycles. The molecule has 0 aromatic heterocycles. The molecular weight excluding hydrogens is 268 g/mol. The van der Waals surface area contributed by atoms with E-state index in [9.17, 15) is 4.79 Å². The van der Waals surface area contributed by atoms with E-state index < -0.39 is 5.97 Å². The van der Waals surface area contributed by atoms with Crippen LogP contribution in [0.2, 0.25) is 0 Å². The Hall–Kier alpha value is -2.82. The Bertz CT molecular complexity index is 697. The third-order valence-corrected chi connectivity index (χ3v) is 3.23. The number of carbonyl (C=O) groups is 1. The summed E-state index contributed by atoms with van der Waals surface area (Å²) in [6.45, 7) is 0. The van der Waals surface area contributed by atoms with E-state index in [1.165, 1.54) is 0 Å². The summed E-state index contributed by atoms with van der Waals surface area (Å²) in [4.78, 5) is 18.2. The van der Waals surface area contributed by atoms with Crippen LogP contribution in [0, 0.1) is 0 Å². The quantitative estimate of drug-likeness (QED) is 0.616. The molecule has 5 nitrogen and oxygen atoms in total. The van der Waals surface area contributed by atoms with E-state index in [0.29, 0.717) is 17.3 Å². The summed E-state index contributed by atoms with van der Waals surface area (Å²) in [6.07, 6.45) is 7.43. The first-order valence-electron chi connectivity index (χ1n) is 6.46. The largest absolute Gasteiger partial charge is 0.497 e. The molecule has 1 aromatic rings. The molecule has 1 aromatic carbocycles. The maximum atomic E-state index is 12.0. The second-order valence-corrected chi connectivity index (χ2v) is 4.58. The summed E-state index contributed by atoms with van der Waals surface area (Å²) < 4.78 is 10.4. The van der Waals surface area contributed by atoms with E-state index in [-0.39, 0.29) is 0 Å². The predicted molar refractivity (Wildman–Crippen MR) is 78.7 cm³/mol. The number of methoxy groups -OCH3 is 1. The normalized spacial score (nSPS) is 20.6. The summed E-state index contributed by atoms with van der Waals surface area (Å²) in [5, 5.41) is 0. The van der Waals surface area contributed by atoms with Gasteiger partial charge in [0.2, 0.25) is 5.90 Å². The predicted octanol–water partition coefficient (Wildman–Crippen LogP) is 2.23. The Morgan fingerprint density at radius 1 is 1.19 bits per heavy atom. The molecule has 0 aliphatic carbocycles. The van der Waals surface area contributed by atoms with E-state index in [1.807, 2.05) is 36.4 Å². The maximum absolute atomic E-state index is 12.0. The van der Waals surface area contributed by atoms with Crippen LogP contribution < -0.4 is 4.74 Å². The fourth-order valence-electron chi connectivity index (χ4n) is 2.09. The highest BCUT2D eigenvalue weighted by Crippen LogP contribution is 2.24. The minimum absolute atomic E-state index is 0.307. The topological polar surface area (TPSA) is 51.1 Å². The summed E-state index contributed by atoms with van der Waals surface area (Å²) >= 11 is 0. The zero-order chi connectivity index (χ0) is 14.8. The molecule has 2 aliphatic heterocycles. The Morgan fingerprint density at radius 3 is 2.62 bits per heavy atom. The molecule has 0 N–H and O–H groups in total. The van der Waals surface area contributed by atoms with E-state index in [4.69, 9.17) is 9.47 Å². The average Bonchev–Trinajstić information content (AvgIpc) is 2.90. The number of likely N-dealkylation sites (N-methyl/N-ethyl adjacent to an activating group) is 1. The van der Waals surface area contributed by atoms with Crippen molar-refractivity contribution in [1.29, 1.82) is 0 Å². The Kier molecular flexibility index (Phi) is 3.31. The van der Waals surface area contributed by atoms with Gasteiger partial charge in [-0.05, 0) is 36.4 Å². The molecule has 2 heterocycles. The van der Waals surface area contributed by atoms with Gasteiger partial charge in [-0.15, -0.1) is 0 Å². The van der Waals surface area contributed by atoms with Gasteiger partial charge < -0.3 is 14.4 Å². The summed E-state index contributed by atoms with van der Waals surface area (Å²) in [5.74, 6) is 0.603. The van der Waals surface area contributed by atoms with Gasteiger partial charge in [-0.25, -0.2) is 9.79 Å². The first kappa shape index (κ1) is 13.2. The highest BCUT2D eigenvalue weighted by atomic mass is 16.6. The van der Waals surface area contributed by atoms with Crippen molar-refractivity contribution in [2.24, 2.45) is 4.99 Å². The fourth-order valence-corrected chi connectivity index (χ4v) is 2.09. The van der Waals surface area contributed by atoms with Gasteiger partial charge in [0.1, 0.15) is 5.75 Å². The lowest BCUT2D eigenvalue weighted by Gasteiger charge is -2.17. The average molecular weight is 282 g/mol. The first-order valence-corrected chi connectivity index (χ1v) is 6.46. The van der Waals surface area contributed by atoms with Crippen molar-refractivity contribution in [1.82, 2.24) is 4.90 Å². The van der Waals surface area contributed by atoms with E-state index in [2.05, 4.69) is 4.99 Å². The molecule has 0 bridgehead atoms. The minimum Gasteiger partial charge on any atom is -0.497 e. The molecule has 0 radical (unpaired) electrons. The van der Waals surface area contributed by atoms with Gasteiger partial charge in [-0.3, -0.25) is 0 Å². The van der Waals surface area contributed by atoms with Crippen LogP contribution in [0.3, 0.4) is 0 Å². The molecule has 0 saturated carbocycles. The summed E-state index contributed by atoms with van der Waals surface area (Å²) in [5.41, 5.74) is 1.76. The van der Waals surface area contributed by atoms with Crippen LogP contribution in [0.4, 0.5) is 0 Å². The number of hydrogen-bond acceptors (Lipinski definition) is 5.